The Labute approximate surface area is 178 Å². The van der Waals surface area contributed by atoms with E-state index in [1.165, 1.54) is 12.0 Å². The van der Waals surface area contributed by atoms with E-state index in [1.807, 2.05) is 41.3 Å². The van der Waals surface area contributed by atoms with Crippen LogP contribution in [0.25, 0.3) is 22.8 Å². The lowest BCUT2D eigenvalue weighted by atomic mass is 9.87. The largest absolute Gasteiger partial charge is 0.336 e. The van der Waals surface area contributed by atoms with Gasteiger partial charge in [-0.15, -0.1) is 0 Å². The molecule has 4 rings (SSSR count). The molecule has 1 fully saturated rings. The fourth-order valence-corrected chi connectivity index (χ4v) is 3.98. The van der Waals surface area contributed by atoms with Gasteiger partial charge < -0.3 is 9.42 Å². The lowest BCUT2D eigenvalue weighted by Gasteiger charge is -2.33. The maximum absolute atomic E-state index is 13.2. The summed E-state index contributed by atoms with van der Waals surface area (Å²) in [5, 5.41) is 4.17. The van der Waals surface area contributed by atoms with Crippen LogP contribution in [0.5, 0.6) is 0 Å². The molecule has 5 nitrogen and oxygen atoms in total. The molecular formula is C25H29N3O2. The van der Waals surface area contributed by atoms with Crippen molar-refractivity contribution in [3.8, 4) is 22.8 Å². The molecule has 30 heavy (non-hydrogen) atoms. The van der Waals surface area contributed by atoms with Crippen molar-refractivity contribution >= 4 is 5.91 Å². The predicted molar refractivity (Wildman–Crippen MR) is 118 cm³/mol. The first-order valence-corrected chi connectivity index (χ1v) is 10.7. The van der Waals surface area contributed by atoms with E-state index in [0.29, 0.717) is 22.8 Å². The fourth-order valence-electron chi connectivity index (χ4n) is 3.98. The first-order chi connectivity index (χ1) is 14.3. The second-order valence-corrected chi connectivity index (χ2v) is 9.14. The van der Waals surface area contributed by atoms with Crippen molar-refractivity contribution in [2.24, 2.45) is 0 Å². The Bertz CT molecular complexity index is 1030. The molecule has 0 bridgehead atoms. The number of hydrogen-bond acceptors (Lipinski definition) is 4. The molecule has 1 aliphatic heterocycles. The molecule has 2 heterocycles. The van der Waals surface area contributed by atoms with Gasteiger partial charge in [0.1, 0.15) is 0 Å². The number of carbonyl (C=O) groups excluding carboxylic acids is 1. The topological polar surface area (TPSA) is 59.2 Å². The van der Waals surface area contributed by atoms with Gasteiger partial charge in [0.2, 0.25) is 5.82 Å². The van der Waals surface area contributed by atoms with Gasteiger partial charge in [-0.05, 0) is 49.3 Å². The zero-order chi connectivity index (χ0) is 21.3. The minimum atomic E-state index is 0.0343. The lowest BCUT2D eigenvalue weighted by Crippen LogP contribution is -2.42. The second-order valence-electron chi connectivity index (χ2n) is 9.14. The van der Waals surface area contributed by atoms with E-state index in [1.54, 1.807) is 0 Å². The monoisotopic (exact) mass is 403 g/mol. The van der Waals surface area contributed by atoms with E-state index >= 15 is 0 Å². The van der Waals surface area contributed by atoms with Crippen LogP contribution in [0.3, 0.4) is 0 Å². The van der Waals surface area contributed by atoms with Crippen LogP contribution in [0.2, 0.25) is 0 Å². The standard InChI is InChI=1S/C25H29N3O2/c1-17-9-7-8-16-28(17)24(29)21-11-6-5-10-20(21)23-26-22(27-30-23)18-12-14-19(15-13-18)25(2,3)4/h5-6,10-15,17H,7-9,16H2,1-4H3. The van der Waals surface area contributed by atoms with Crippen molar-refractivity contribution in [3.05, 3.63) is 59.7 Å². The van der Waals surface area contributed by atoms with Crippen LogP contribution in [0.4, 0.5) is 0 Å². The van der Waals surface area contributed by atoms with Crippen molar-refractivity contribution in [3.63, 3.8) is 0 Å². The van der Waals surface area contributed by atoms with Crippen molar-refractivity contribution in [1.82, 2.24) is 15.0 Å². The van der Waals surface area contributed by atoms with Gasteiger partial charge >= 0.3 is 0 Å². The smallest absolute Gasteiger partial charge is 0.259 e. The van der Waals surface area contributed by atoms with Gasteiger partial charge in [0.25, 0.3) is 11.8 Å². The van der Waals surface area contributed by atoms with Crippen LogP contribution in [-0.4, -0.2) is 33.5 Å². The summed E-state index contributed by atoms with van der Waals surface area (Å²) >= 11 is 0. The van der Waals surface area contributed by atoms with Crippen molar-refractivity contribution < 1.29 is 9.32 Å². The maximum atomic E-state index is 13.2. The van der Waals surface area contributed by atoms with Gasteiger partial charge in [-0.25, -0.2) is 0 Å². The predicted octanol–water partition coefficient (Wildman–Crippen LogP) is 5.72. The number of nitrogens with zero attached hydrogens (tertiary/aromatic N) is 3. The number of aromatic nitrogens is 2. The zero-order valence-corrected chi connectivity index (χ0v) is 18.2. The highest BCUT2D eigenvalue weighted by Gasteiger charge is 2.27. The minimum Gasteiger partial charge on any atom is -0.336 e. The van der Waals surface area contributed by atoms with Gasteiger partial charge in [-0.1, -0.05) is 62.3 Å². The van der Waals surface area contributed by atoms with E-state index in [9.17, 15) is 4.79 Å². The first-order valence-electron chi connectivity index (χ1n) is 10.7. The SMILES string of the molecule is CC1CCCCN1C(=O)c1ccccc1-c1nc(-c2ccc(C(C)(C)C)cc2)no1. The van der Waals surface area contributed by atoms with Gasteiger partial charge in [0.15, 0.2) is 0 Å². The summed E-state index contributed by atoms with van der Waals surface area (Å²) in [5.41, 5.74) is 3.54. The molecule has 0 saturated carbocycles. The Hall–Kier alpha value is -2.95. The summed E-state index contributed by atoms with van der Waals surface area (Å²) in [7, 11) is 0. The molecule has 1 unspecified atom stereocenters. The lowest BCUT2D eigenvalue weighted by molar-refractivity contribution is 0.0636. The quantitative estimate of drug-likeness (QED) is 0.561. The third-order valence-electron chi connectivity index (χ3n) is 5.89. The first kappa shape index (κ1) is 20.3. The average molecular weight is 404 g/mol. The highest BCUT2D eigenvalue weighted by atomic mass is 16.5. The highest BCUT2D eigenvalue weighted by Crippen LogP contribution is 2.29. The summed E-state index contributed by atoms with van der Waals surface area (Å²) < 4.78 is 5.58. The van der Waals surface area contributed by atoms with Crippen LogP contribution >= 0.6 is 0 Å². The number of amides is 1. The second kappa shape index (κ2) is 8.05. The molecule has 1 aliphatic rings. The van der Waals surface area contributed by atoms with Crippen LogP contribution in [0.1, 0.15) is 62.9 Å². The summed E-state index contributed by atoms with van der Waals surface area (Å²) in [4.78, 5) is 19.8. The molecule has 0 spiro atoms. The molecule has 5 heteroatoms. The Morgan fingerprint density at radius 1 is 1.07 bits per heavy atom. The molecule has 1 saturated heterocycles. The molecular weight excluding hydrogens is 374 g/mol. The summed E-state index contributed by atoms with van der Waals surface area (Å²) in [6.45, 7) is 9.47. The number of carbonyl (C=O) groups is 1. The Balaban J connectivity index is 1.63. The van der Waals surface area contributed by atoms with Crippen molar-refractivity contribution in [2.75, 3.05) is 6.54 Å². The molecule has 0 N–H and O–H groups in total. The molecule has 0 aliphatic carbocycles. The minimum absolute atomic E-state index is 0.0343. The fraction of sp³-hybridized carbons (Fsp3) is 0.400. The van der Waals surface area contributed by atoms with Crippen LogP contribution in [0, 0.1) is 0 Å². The molecule has 1 aromatic heterocycles. The number of rotatable bonds is 3. The van der Waals surface area contributed by atoms with Crippen molar-refractivity contribution in [2.45, 2.75) is 58.4 Å². The molecule has 156 valence electrons. The van der Waals surface area contributed by atoms with Crippen LogP contribution in [0.15, 0.2) is 53.1 Å². The molecule has 1 atom stereocenters. The van der Waals surface area contributed by atoms with E-state index < -0.39 is 0 Å². The average Bonchev–Trinajstić information content (AvgIpc) is 3.23. The van der Waals surface area contributed by atoms with E-state index in [0.717, 1.165) is 24.9 Å². The van der Waals surface area contributed by atoms with E-state index in [4.69, 9.17) is 4.52 Å². The Morgan fingerprint density at radius 2 is 1.80 bits per heavy atom. The third-order valence-corrected chi connectivity index (χ3v) is 5.89. The molecule has 0 radical (unpaired) electrons. The summed E-state index contributed by atoms with van der Waals surface area (Å²) in [5.74, 6) is 0.935. The van der Waals surface area contributed by atoms with Gasteiger partial charge in [-0.3, -0.25) is 4.79 Å². The molecule has 2 aromatic carbocycles. The zero-order valence-electron chi connectivity index (χ0n) is 18.2. The Kier molecular flexibility index (Phi) is 5.46. The Morgan fingerprint density at radius 3 is 2.50 bits per heavy atom. The molecule has 1 amide bonds. The van der Waals surface area contributed by atoms with Gasteiger partial charge in [0.05, 0.1) is 11.1 Å². The third kappa shape index (κ3) is 4.02. The van der Waals surface area contributed by atoms with Crippen LogP contribution < -0.4 is 0 Å². The summed E-state index contributed by atoms with van der Waals surface area (Å²) in [6.07, 6.45) is 3.27. The van der Waals surface area contributed by atoms with Gasteiger partial charge in [-0.2, -0.15) is 4.98 Å². The number of benzene rings is 2. The van der Waals surface area contributed by atoms with Gasteiger partial charge in [0, 0.05) is 18.2 Å². The van der Waals surface area contributed by atoms with E-state index in [-0.39, 0.29) is 17.4 Å². The van der Waals surface area contributed by atoms with Crippen molar-refractivity contribution in [1.29, 1.82) is 0 Å². The van der Waals surface area contributed by atoms with E-state index in [2.05, 4.69) is 50.0 Å². The summed E-state index contributed by atoms with van der Waals surface area (Å²) in [6, 6.07) is 16.0. The molecule has 3 aromatic rings. The number of hydrogen-bond donors (Lipinski definition) is 0. The normalized spacial score (nSPS) is 17.2. The van der Waals surface area contributed by atoms with Crippen LogP contribution in [-0.2, 0) is 5.41 Å². The number of piperidine rings is 1. The maximum Gasteiger partial charge on any atom is 0.259 e. The number of likely N-dealkylation sites (tertiary alicyclic amines) is 1. The highest BCUT2D eigenvalue weighted by molar-refractivity contribution is 6.00.